The Balaban J connectivity index is 1.32. The SMILES string of the molecule is COc1ccc(O[C@H]2O[C@H](COCc3ccccc3)[C@@H](OCc3ccccc3)[C@H](OCc3ccccc3)[C@H]2OCc2ccccc2)cc1. The zero-order chi connectivity index (χ0) is 32.8. The third kappa shape index (κ3) is 9.53. The van der Waals surface area contributed by atoms with Gasteiger partial charge in [0, 0.05) is 0 Å². The molecule has 0 amide bonds. The standard InChI is InChI=1S/C41H42O7/c1-42-35-22-24-36(25-23-35)47-41-40(46-29-34-20-12-5-13-21-34)39(45-28-33-18-10-4-11-19-33)38(44-27-32-16-8-3-9-17-32)37(48-41)30-43-26-31-14-6-2-7-15-31/h2-25,37-41H,26-30H2,1H3/t37-,38-,39+,40-,41+/m1/s1. The third-order valence-corrected chi connectivity index (χ3v) is 8.15. The number of benzene rings is 5. The summed E-state index contributed by atoms with van der Waals surface area (Å²) in [6, 6.07) is 47.7. The van der Waals surface area contributed by atoms with Crippen LogP contribution in [0.25, 0.3) is 0 Å². The highest BCUT2D eigenvalue weighted by atomic mass is 16.7. The van der Waals surface area contributed by atoms with E-state index in [1.165, 1.54) is 0 Å². The topological polar surface area (TPSA) is 64.6 Å². The summed E-state index contributed by atoms with van der Waals surface area (Å²) in [5.41, 5.74) is 4.18. The van der Waals surface area contributed by atoms with E-state index in [0.29, 0.717) is 32.2 Å². The molecule has 7 heteroatoms. The van der Waals surface area contributed by atoms with Gasteiger partial charge < -0.3 is 33.2 Å². The summed E-state index contributed by atoms with van der Waals surface area (Å²) in [5.74, 6) is 1.35. The quantitative estimate of drug-likeness (QED) is 0.109. The first kappa shape index (κ1) is 33.4. The fourth-order valence-corrected chi connectivity index (χ4v) is 5.63. The van der Waals surface area contributed by atoms with E-state index in [1.54, 1.807) is 7.11 Å². The van der Waals surface area contributed by atoms with Crippen molar-refractivity contribution in [3.05, 3.63) is 168 Å². The Hall–Kier alpha value is -4.50. The summed E-state index contributed by atoms with van der Waals surface area (Å²) in [4.78, 5) is 0. The largest absolute Gasteiger partial charge is 0.497 e. The molecule has 1 aliphatic heterocycles. The summed E-state index contributed by atoms with van der Waals surface area (Å²) in [6.45, 7) is 1.75. The van der Waals surface area contributed by atoms with Gasteiger partial charge in [-0.3, -0.25) is 0 Å². The van der Waals surface area contributed by atoms with Crippen molar-refractivity contribution in [1.82, 2.24) is 0 Å². The van der Waals surface area contributed by atoms with Gasteiger partial charge in [-0.15, -0.1) is 0 Å². The van der Waals surface area contributed by atoms with Crippen LogP contribution in [0.3, 0.4) is 0 Å². The summed E-state index contributed by atoms with van der Waals surface area (Å²) in [6.07, 6.45) is -3.12. The van der Waals surface area contributed by atoms with E-state index in [1.807, 2.05) is 146 Å². The van der Waals surface area contributed by atoms with Gasteiger partial charge in [0.2, 0.25) is 6.29 Å². The molecule has 5 aromatic rings. The molecule has 1 fully saturated rings. The molecule has 0 bridgehead atoms. The summed E-state index contributed by atoms with van der Waals surface area (Å²) >= 11 is 0. The summed E-state index contributed by atoms with van der Waals surface area (Å²) in [7, 11) is 1.64. The molecule has 1 heterocycles. The Bertz CT molecular complexity index is 1600. The smallest absolute Gasteiger partial charge is 0.229 e. The van der Waals surface area contributed by atoms with Crippen LogP contribution in [0.5, 0.6) is 11.5 Å². The minimum atomic E-state index is -0.829. The van der Waals surface area contributed by atoms with Crippen molar-refractivity contribution in [3.63, 3.8) is 0 Å². The Morgan fingerprint density at radius 3 is 1.35 bits per heavy atom. The Morgan fingerprint density at radius 1 is 0.458 bits per heavy atom. The molecule has 0 radical (unpaired) electrons. The number of methoxy groups -OCH3 is 1. The molecule has 0 aromatic heterocycles. The zero-order valence-electron chi connectivity index (χ0n) is 27.1. The normalized spacial score (nSPS) is 20.6. The first-order valence-corrected chi connectivity index (χ1v) is 16.3. The minimum Gasteiger partial charge on any atom is -0.497 e. The molecule has 0 spiro atoms. The van der Waals surface area contributed by atoms with Crippen molar-refractivity contribution in [1.29, 1.82) is 0 Å². The molecular weight excluding hydrogens is 604 g/mol. The molecule has 6 rings (SSSR count). The molecule has 5 atom stereocenters. The van der Waals surface area contributed by atoms with Crippen molar-refractivity contribution in [2.75, 3.05) is 13.7 Å². The molecule has 1 aliphatic rings. The van der Waals surface area contributed by atoms with E-state index in [2.05, 4.69) is 0 Å². The number of hydrogen-bond donors (Lipinski definition) is 0. The van der Waals surface area contributed by atoms with Gasteiger partial charge in [-0.25, -0.2) is 0 Å². The van der Waals surface area contributed by atoms with Crippen molar-refractivity contribution >= 4 is 0 Å². The van der Waals surface area contributed by atoms with Crippen LogP contribution in [0, 0.1) is 0 Å². The third-order valence-electron chi connectivity index (χ3n) is 8.15. The van der Waals surface area contributed by atoms with Gasteiger partial charge in [0.05, 0.1) is 40.1 Å². The predicted octanol–water partition coefficient (Wildman–Crippen LogP) is 7.77. The average Bonchev–Trinajstić information content (AvgIpc) is 3.15. The van der Waals surface area contributed by atoms with Crippen LogP contribution in [-0.4, -0.2) is 44.4 Å². The lowest BCUT2D eigenvalue weighted by atomic mass is 9.97. The van der Waals surface area contributed by atoms with Crippen molar-refractivity contribution in [2.45, 2.75) is 57.1 Å². The predicted molar refractivity (Wildman–Crippen MR) is 183 cm³/mol. The first-order valence-electron chi connectivity index (χ1n) is 16.3. The van der Waals surface area contributed by atoms with E-state index in [9.17, 15) is 0 Å². The highest BCUT2D eigenvalue weighted by Crippen LogP contribution is 2.33. The van der Waals surface area contributed by atoms with Crippen molar-refractivity contribution in [2.24, 2.45) is 0 Å². The van der Waals surface area contributed by atoms with E-state index in [-0.39, 0.29) is 6.61 Å². The van der Waals surface area contributed by atoms with Crippen molar-refractivity contribution < 1.29 is 33.2 Å². The van der Waals surface area contributed by atoms with Crippen LogP contribution in [0.15, 0.2) is 146 Å². The highest BCUT2D eigenvalue weighted by molar-refractivity contribution is 5.31. The Kier molecular flexibility index (Phi) is 12.2. The van der Waals surface area contributed by atoms with Gasteiger partial charge >= 0.3 is 0 Å². The molecule has 48 heavy (non-hydrogen) atoms. The van der Waals surface area contributed by atoms with E-state index in [0.717, 1.165) is 28.0 Å². The van der Waals surface area contributed by atoms with Crippen LogP contribution in [0.2, 0.25) is 0 Å². The molecule has 0 aliphatic carbocycles. The van der Waals surface area contributed by atoms with Gasteiger partial charge in [0.15, 0.2) is 0 Å². The lowest BCUT2D eigenvalue weighted by Gasteiger charge is -2.45. The molecular formula is C41H42O7. The lowest BCUT2D eigenvalue weighted by Crippen LogP contribution is -2.62. The second-order valence-electron chi connectivity index (χ2n) is 11.6. The molecule has 5 aromatic carbocycles. The van der Waals surface area contributed by atoms with Crippen LogP contribution in [-0.2, 0) is 50.1 Å². The van der Waals surface area contributed by atoms with Crippen LogP contribution in [0.1, 0.15) is 22.3 Å². The monoisotopic (exact) mass is 646 g/mol. The first-order chi connectivity index (χ1) is 23.7. The fourth-order valence-electron chi connectivity index (χ4n) is 5.63. The van der Waals surface area contributed by atoms with E-state index >= 15 is 0 Å². The van der Waals surface area contributed by atoms with Crippen LogP contribution >= 0.6 is 0 Å². The van der Waals surface area contributed by atoms with Gasteiger partial charge in [-0.2, -0.15) is 0 Å². The highest BCUT2D eigenvalue weighted by Gasteiger charge is 2.49. The molecule has 0 saturated carbocycles. The summed E-state index contributed by atoms with van der Waals surface area (Å²) < 4.78 is 45.1. The maximum atomic E-state index is 6.78. The molecule has 0 unspecified atom stereocenters. The minimum absolute atomic E-state index is 0.257. The lowest BCUT2D eigenvalue weighted by molar-refractivity contribution is -0.310. The van der Waals surface area contributed by atoms with Gasteiger partial charge in [0.1, 0.15) is 35.9 Å². The molecule has 1 saturated heterocycles. The second-order valence-corrected chi connectivity index (χ2v) is 11.6. The molecule has 248 valence electrons. The van der Waals surface area contributed by atoms with Crippen LogP contribution < -0.4 is 9.47 Å². The Labute approximate surface area is 282 Å². The maximum Gasteiger partial charge on any atom is 0.229 e. The number of hydrogen-bond acceptors (Lipinski definition) is 7. The second kappa shape index (κ2) is 17.6. The Morgan fingerprint density at radius 2 is 0.875 bits per heavy atom. The fraction of sp³-hybridized carbons (Fsp3) is 0.268. The van der Waals surface area contributed by atoms with Gasteiger partial charge in [-0.05, 0) is 46.5 Å². The maximum absolute atomic E-state index is 6.78. The number of rotatable bonds is 16. The molecule has 0 N–H and O–H groups in total. The van der Waals surface area contributed by atoms with E-state index in [4.69, 9.17) is 33.2 Å². The average molecular weight is 647 g/mol. The zero-order valence-corrected chi connectivity index (χ0v) is 27.1. The summed E-state index contributed by atoms with van der Waals surface area (Å²) in [5, 5.41) is 0. The van der Waals surface area contributed by atoms with Gasteiger partial charge in [0.25, 0.3) is 0 Å². The van der Waals surface area contributed by atoms with Crippen molar-refractivity contribution in [3.8, 4) is 11.5 Å². The van der Waals surface area contributed by atoms with Crippen LogP contribution in [0.4, 0.5) is 0 Å². The number of ether oxygens (including phenoxy) is 7. The van der Waals surface area contributed by atoms with E-state index < -0.39 is 30.7 Å². The van der Waals surface area contributed by atoms with Gasteiger partial charge in [-0.1, -0.05) is 121 Å². The molecule has 7 nitrogen and oxygen atoms in total.